The molecule has 0 bridgehead atoms. The Hall–Kier alpha value is -2.20. The van der Waals surface area contributed by atoms with Crippen LogP contribution in [0.5, 0.6) is 0 Å². The van der Waals surface area contributed by atoms with Crippen molar-refractivity contribution >= 4 is 27.5 Å². The Balaban J connectivity index is 1.67. The van der Waals surface area contributed by atoms with Gasteiger partial charge in [0.05, 0.1) is 16.3 Å². The topological polar surface area (TPSA) is 33.2 Å². The molecular formula is C18H16N2OS. The summed E-state index contributed by atoms with van der Waals surface area (Å²) >= 11 is 1.71. The van der Waals surface area contributed by atoms with Crippen molar-refractivity contribution in [1.29, 1.82) is 0 Å². The van der Waals surface area contributed by atoms with E-state index in [0.29, 0.717) is 0 Å². The second-order valence-corrected chi connectivity index (χ2v) is 6.60. The van der Waals surface area contributed by atoms with Crippen molar-refractivity contribution in [3.8, 4) is 0 Å². The lowest BCUT2D eigenvalue weighted by Gasteiger charge is -2.23. The van der Waals surface area contributed by atoms with Crippen molar-refractivity contribution in [2.24, 2.45) is 0 Å². The smallest absolute Gasteiger partial charge is 0.254 e. The van der Waals surface area contributed by atoms with Crippen molar-refractivity contribution < 1.29 is 4.79 Å². The van der Waals surface area contributed by atoms with Crippen LogP contribution in [0.25, 0.3) is 10.2 Å². The highest BCUT2D eigenvalue weighted by Crippen LogP contribution is 2.37. The fraction of sp³-hybridized carbons (Fsp3) is 0.222. The van der Waals surface area contributed by atoms with Crippen LogP contribution in [0.2, 0.25) is 0 Å². The number of benzene rings is 2. The van der Waals surface area contributed by atoms with Crippen LogP contribution in [0.1, 0.15) is 34.2 Å². The second-order valence-electron chi connectivity index (χ2n) is 5.54. The highest BCUT2D eigenvalue weighted by atomic mass is 32.1. The fourth-order valence-electron chi connectivity index (χ4n) is 3.05. The Kier molecular flexibility index (Phi) is 3.39. The minimum Gasteiger partial charge on any atom is -0.329 e. The molecule has 1 aliphatic heterocycles. The molecule has 3 nitrogen and oxygen atoms in total. The number of likely N-dealkylation sites (tertiary alicyclic amines) is 1. The van der Waals surface area contributed by atoms with Gasteiger partial charge in [0, 0.05) is 12.1 Å². The number of aromatic nitrogens is 1. The van der Waals surface area contributed by atoms with Crippen LogP contribution in [0, 0.1) is 0 Å². The monoisotopic (exact) mass is 308 g/mol. The van der Waals surface area contributed by atoms with Crippen molar-refractivity contribution in [2.75, 3.05) is 6.54 Å². The normalized spacial score (nSPS) is 18.0. The molecule has 3 aromatic rings. The van der Waals surface area contributed by atoms with Gasteiger partial charge in [-0.25, -0.2) is 4.98 Å². The first-order valence-electron chi connectivity index (χ1n) is 7.54. The van der Waals surface area contributed by atoms with E-state index < -0.39 is 0 Å². The first-order chi connectivity index (χ1) is 10.8. The molecule has 110 valence electrons. The molecule has 4 heteroatoms. The molecule has 0 aliphatic carbocycles. The maximum absolute atomic E-state index is 12.7. The zero-order valence-corrected chi connectivity index (χ0v) is 12.9. The third kappa shape index (κ3) is 2.29. The number of carbonyl (C=O) groups excluding carboxylic acids is 1. The van der Waals surface area contributed by atoms with Gasteiger partial charge in [-0.05, 0) is 37.1 Å². The minimum absolute atomic E-state index is 0.113. The summed E-state index contributed by atoms with van der Waals surface area (Å²) in [6.07, 6.45) is 2.04. The molecule has 2 heterocycles. The summed E-state index contributed by atoms with van der Waals surface area (Å²) in [5.74, 6) is 0.113. The number of carbonyl (C=O) groups is 1. The average Bonchev–Trinajstić information content (AvgIpc) is 3.21. The zero-order chi connectivity index (χ0) is 14.9. The summed E-state index contributed by atoms with van der Waals surface area (Å²) in [6.45, 7) is 0.814. The lowest BCUT2D eigenvalue weighted by Crippen LogP contribution is -2.30. The van der Waals surface area contributed by atoms with E-state index in [1.54, 1.807) is 11.3 Å². The van der Waals surface area contributed by atoms with Gasteiger partial charge in [-0.3, -0.25) is 4.79 Å². The van der Waals surface area contributed by atoms with Crippen LogP contribution < -0.4 is 0 Å². The van der Waals surface area contributed by atoms with E-state index in [4.69, 9.17) is 4.98 Å². The van der Waals surface area contributed by atoms with Gasteiger partial charge in [0.1, 0.15) is 5.01 Å². The number of rotatable bonds is 2. The van der Waals surface area contributed by atoms with E-state index in [-0.39, 0.29) is 11.9 Å². The van der Waals surface area contributed by atoms with E-state index >= 15 is 0 Å². The van der Waals surface area contributed by atoms with Crippen molar-refractivity contribution in [1.82, 2.24) is 9.88 Å². The molecular weight excluding hydrogens is 292 g/mol. The molecule has 1 amide bonds. The average molecular weight is 308 g/mol. The van der Waals surface area contributed by atoms with Gasteiger partial charge < -0.3 is 4.90 Å². The maximum atomic E-state index is 12.7. The lowest BCUT2D eigenvalue weighted by atomic mass is 10.1. The number of amides is 1. The van der Waals surface area contributed by atoms with E-state index in [0.717, 1.165) is 35.5 Å². The molecule has 0 saturated carbocycles. The maximum Gasteiger partial charge on any atom is 0.254 e. The van der Waals surface area contributed by atoms with Crippen molar-refractivity contribution in [3.63, 3.8) is 0 Å². The molecule has 22 heavy (non-hydrogen) atoms. The van der Waals surface area contributed by atoms with Crippen LogP contribution in [0.15, 0.2) is 54.6 Å². The number of fused-ring (bicyclic) bond motifs is 1. The van der Waals surface area contributed by atoms with Crippen LogP contribution in [0.4, 0.5) is 0 Å². The Labute approximate surface area is 133 Å². The summed E-state index contributed by atoms with van der Waals surface area (Å²) in [5.41, 5.74) is 1.79. The Bertz CT molecular complexity index is 779. The highest BCUT2D eigenvalue weighted by Gasteiger charge is 2.32. The third-order valence-electron chi connectivity index (χ3n) is 4.13. The summed E-state index contributed by atoms with van der Waals surface area (Å²) < 4.78 is 1.19. The molecule has 1 aromatic heterocycles. The molecule has 1 aliphatic rings. The molecule has 0 radical (unpaired) electrons. The van der Waals surface area contributed by atoms with Gasteiger partial charge in [-0.1, -0.05) is 30.3 Å². The molecule has 1 atom stereocenters. The highest BCUT2D eigenvalue weighted by molar-refractivity contribution is 7.18. The van der Waals surface area contributed by atoms with Gasteiger partial charge >= 0.3 is 0 Å². The number of nitrogens with zero attached hydrogens (tertiary/aromatic N) is 2. The SMILES string of the molecule is O=C(c1ccccc1)N1CCC[C@@H]1c1nc2ccccc2s1. The molecule has 0 N–H and O–H groups in total. The third-order valence-corrected chi connectivity index (χ3v) is 5.27. The predicted molar refractivity (Wildman–Crippen MR) is 89.1 cm³/mol. The lowest BCUT2D eigenvalue weighted by molar-refractivity contribution is 0.0735. The number of thiazole rings is 1. The molecule has 4 rings (SSSR count). The van der Waals surface area contributed by atoms with Crippen molar-refractivity contribution in [3.05, 3.63) is 65.2 Å². The van der Waals surface area contributed by atoms with Crippen LogP contribution >= 0.6 is 11.3 Å². The molecule has 1 saturated heterocycles. The molecule has 0 spiro atoms. The summed E-state index contributed by atoms with van der Waals surface area (Å²) in [6, 6.07) is 17.8. The zero-order valence-electron chi connectivity index (χ0n) is 12.1. The summed E-state index contributed by atoms with van der Waals surface area (Å²) in [5, 5.41) is 1.06. The molecule has 0 unspecified atom stereocenters. The van der Waals surface area contributed by atoms with E-state index in [9.17, 15) is 4.79 Å². The number of para-hydroxylation sites is 1. The molecule has 1 fully saturated rings. The first-order valence-corrected chi connectivity index (χ1v) is 8.36. The summed E-state index contributed by atoms with van der Waals surface area (Å²) in [7, 11) is 0. The molecule has 2 aromatic carbocycles. The van der Waals surface area contributed by atoms with E-state index in [1.807, 2.05) is 53.4 Å². The minimum atomic E-state index is 0.113. The van der Waals surface area contributed by atoms with Gasteiger partial charge in [0.15, 0.2) is 0 Å². The predicted octanol–water partition coefficient (Wildman–Crippen LogP) is 4.27. The quantitative estimate of drug-likeness (QED) is 0.708. The Morgan fingerprint density at radius 3 is 2.68 bits per heavy atom. The number of hydrogen-bond acceptors (Lipinski definition) is 3. The standard InChI is InChI=1S/C18H16N2OS/c21-18(13-7-2-1-3-8-13)20-12-6-10-15(20)17-19-14-9-4-5-11-16(14)22-17/h1-5,7-9,11,15H,6,10,12H2/t15-/m1/s1. The van der Waals surface area contributed by atoms with Crippen molar-refractivity contribution in [2.45, 2.75) is 18.9 Å². The van der Waals surface area contributed by atoms with E-state index in [2.05, 4.69) is 6.07 Å². The van der Waals surface area contributed by atoms with Crippen LogP contribution in [-0.2, 0) is 0 Å². The van der Waals surface area contributed by atoms with Gasteiger partial charge in [-0.2, -0.15) is 0 Å². The number of hydrogen-bond donors (Lipinski definition) is 0. The van der Waals surface area contributed by atoms with Crippen LogP contribution in [-0.4, -0.2) is 22.3 Å². The first kappa shape index (κ1) is 13.5. The van der Waals surface area contributed by atoms with Crippen LogP contribution in [0.3, 0.4) is 0 Å². The Morgan fingerprint density at radius 1 is 1.09 bits per heavy atom. The largest absolute Gasteiger partial charge is 0.329 e. The van der Waals surface area contributed by atoms with Gasteiger partial charge in [0.2, 0.25) is 0 Å². The van der Waals surface area contributed by atoms with Gasteiger partial charge in [-0.15, -0.1) is 11.3 Å². The summed E-state index contributed by atoms with van der Waals surface area (Å²) in [4.78, 5) is 19.5. The second kappa shape index (κ2) is 5.54. The van der Waals surface area contributed by atoms with E-state index in [1.165, 1.54) is 4.70 Å². The fourth-order valence-corrected chi connectivity index (χ4v) is 4.16. The van der Waals surface area contributed by atoms with Gasteiger partial charge in [0.25, 0.3) is 5.91 Å². The Morgan fingerprint density at radius 2 is 1.86 bits per heavy atom.